The number of carbonyl (C=O) groups excluding carboxylic acids is 1. The van der Waals surface area contributed by atoms with E-state index < -0.39 is 26.3 Å². The van der Waals surface area contributed by atoms with Crippen molar-refractivity contribution in [3.63, 3.8) is 0 Å². The molecule has 1 aromatic rings. The highest BCUT2D eigenvalue weighted by Gasteiger charge is 2.48. The summed E-state index contributed by atoms with van der Waals surface area (Å²) in [5.74, 6) is -1.12. The van der Waals surface area contributed by atoms with Gasteiger partial charge < -0.3 is 5.73 Å². The van der Waals surface area contributed by atoms with Gasteiger partial charge in [-0.3, -0.25) is 4.79 Å². The van der Waals surface area contributed by atoms with Crippen molar-refractivity contribution in [1.82, 2.24) is 4.98 Å². The Morgan fingerprint density at radius 3 is 2.52 bits per heavy atom. The summed E-state index contributed by atoms with van der Waals surface area (Å²) in [5, 5.41) is 7.69. The summed E-state index contributed by atoms with van der Waals surface area (Å²) in [7, 11) is -5.65. The number of carbonyl (C=O) groups is 1. The highest BCUT2D eigenvalue weighted by atomic mass is 32.2. The van der Waals surface area contributed by atoms with Crippen LogP contribution in [0.2, 0.25) is 0 Å². The second-order valence-corrected chi connectivity index (χ2v) is 7.22. The van der Waals surface area contributed by atoms with E-state index in [1.807, 2.05) is 0 Å². The molecule has 1 amide bonds. The molecule has 0 saturated heterocycles. The van der Waals surface area contributed by atoms with Gasteiger partial charge in [-0.15, -0.1) is 0 Å². The first kappa shape index (κ1) is 19.2. The molecule has 0 aliphatic heterocycles. The lowest BCUT2D eigenvalue weighted by Gasteiger charge is -2.12. The van der Waals surface area contributed by atoms with E-state index in [1.165, 1.54) is 0 Å². The van der Waals surface area contributed by atoms with E-state index in [0.717, 1.165) is 6.07 Å². The molecular weight excluding hydrogens is 355 g/mol. The number of nitrogens with two attached hydrogens (primary N) is 1. The largest absolute Gasteiger partial charge is 0.503 e. The fourth-order valence-corrected chi connectivity index (χ4v) is 3.20. The van der Waals surface area contributed by atoms with Crippen LogP contribution in [0.4, 0.5) is 13.2 Å². The number of thioether (sulfide) groups is 1. The van der Waals surface area contributed by atoms with E-state index >= 15 is 0 Å². The van der Waals surface area contributed by atoms with Crippen LogP contribution >= 0.6 is 11.8 Å². The van der Waals surface area contributed by atoms with Crippen LogP contribution in [0.3, 0.4) is 0 Å². The molecule has 0 radical (unpaired) electrons. The Bertz CT molecular complexity index is 755. The lowest BCUT2D eigenvalue weighted by molar-refractivity contribution is -0.115. The zero-order valence-electron chi connectivity index (χ0n) is 11.8. The van der Waals surface area contributed by atoms with Crippen molar-refractivity contribution in [1.29, 1.82) is 5.26 Å². The fourth-order valence-electron chi connectivity index (χ4n) is 1.63. The third-order valence-corrected chi connectivity index (χ3v) is 4.97. The number of hydrogen-bond acceptors (Lipinski definition) is 6. The molecule has 2 N–H and O–H groups in total. The number of aromatic nitrogens is 1. The highest BCUT2D eigenvalue weighted by Crippen LogP contribution is 2.33. The lowest BCUT2D eigenvalue weighted by atomic mass is 10.1. The van der Waals surface area contributed by atoms with Gasteiger partial charge >= 0.3 is 5.51 Å². The van der Waals surface area contributed by atoms with Gasteiger partial charge in [-0.1, -0.05) is 25.1 Å². The summed E-state index contributed by atoms with van der Waals surface area (Å²) in [5.41, 5.74) is -0.489. The number of sulfone groups is 1. The monoisotopic (exact) mass is 367 g/mol. The van der Waals surface area contributed by atoms with Crippen molar-refractivity contribution in [3.05, 3.63) is 17.2 Å². The second-order valence-electron chi connectivity index (χ2n) is 4.37. The Morgan fingerprint density at radius 2 is 2.09 bits per heavy atom. The summed E-state index contributed by atoms with van der Waals surface area (Å²) in [6, 6.07) is 2.53. The molecule has 0 spiro atoms. The van der Waals surface area contributed by atoms with E-state index in [9.17, 15) is 26.4 Å². The molecule has 0 fully saturated rings. The second kappa shape index (κ2) is 7.18. The third kappa shape index (κ3) is 4.35. The van der Waals surface area contributed by atoms with Crippen LogP contribution in [0.25, 0.3) is 0 Å². The first-order chi connectivity index (χ1) is 10.5. The van der Waals surface area contributed by atoms with Crippen LogP contribution in [-0.4, -0.2) is 30.6 Å². The highest BCUT2D eigenvalue weighted by molar-refractivity contribution is 8.00. The maximum atomic E-state index is 12.7. The van der Waals surface area contributed by atoms with Crippen molar-refractivity contribution in [3.8, 4) is 6.07 Å². The van der Waals surface area contributed by atoms with E-state index in [2.05, 4.69) is 4.98 Å². The number of primary amides is 1. The molecule has 126 valence electrons. The Labute approximate surface area is 134 Å². The average molecular weight is 367 g/mol. The number of rotatable bonds is 6. The molecule has 0 aliphatic carbocycles. The summed E-state index contributed by atoms with van der Waals surface area (Å²) in [4.78, 5) is 14.2. The number of pyridine rings is 1. The molecule has 0 unspecified atom stereocenters. The summed E-state index contributed by atoms with van der Waals surface area (Å²) < 4.78 is 61.1. The molecule has 1 rings (SSSR count). The van der Waals surface area contributed by atoms with Crippen molar-refractivity contribution in [2.45, 2.75) is 35.3 Å². The summed E-state index contributed by atoms with van der Waals surface area (Å²) >= 11 is 0.621. The van der Waals surface area contributed by atoms with E-state index in [1.54, 1.807) is 13.0 Å². The standard InChI is InChI=1S/C12H12F3N3O3S2/c1-2-3-7-4-10(23(20,21)12(13,14)15)18-11(8(7)5-16)22-6-9(17)19/h4H,2-3,6H2,1H3,(H2,17,19). The number of alkyl halides is 3. The summed E-state index contributed by atoms with van der Waals surface area (Å²) in [6.07, 6.45) is 0.667. The zero-order valence-corrected chi connectivity index (χ0v) is 13.5. The predicted octanol–water partition coefficient (Wildman–Crippen LogP) is 1.78. The van der Waals surface area contributed by atoms with E-state index in [0.29, 0.717) is 18.2 Å². The zero-order chi connectivity index (χ0) is 17.8. The topological polar surface area (TPSA) is 114 Å². The number of hydrogen-bond donors (Lipinski definition) is 1. The van der Waals surface area contributed by atoms with Crippen molar-refractivity contribution < 1.29 is 26.4 Å². The number of amides is 1. The lowest BCUT2D eigenvalue weighted by Crippen LogP contribution is -2.25. The molecule has 0 saturated carbocycles. The van der Waals surface area contributed by atoms with Crippen molar-refractivity contribution in [2.75, 3.05) is 5.75 Å². The first-order valence-electron chi connectivity index (χ1n) is 6.21. The van der Waals surface area contributed by atoms with Gasteiger partial charge in [-0.2, -0.15) is 18.4 Å². The molecule has 0 bridgehead atoms. The molecular formula is C12H12F3N3O3S2. The maximum Gasteiger partial charge on any atom is 0.503 e. The van der Waals surface area contributed by atoms with Crippen LogP contribution in [-0.2, 0) is 21.1 Å². The number of nitrogens with zero attached hydrogens (tertiary/aromatic N) is 2. The predicted molar refractivity (Wildman–Crippen MR) is 76.1 cm³/mol. The molecule has 11 heteroatoms. The number of aryl methyl sites for hydroxylation is 1. The van der Waals surface area contributed by atoms with Gasteiger partial charge in [0.1, 0.15) is 11.1 Å². The van der Waals surface area contributed by atoms with Gasteiger partial charge in [0.25, 0.3) is 9.84 Å². The van der Waals surface area contributed by atoms with Gasteiger partial charge in [0.2, 0.25) is 5.91 Å². The number of nitriles is 1. The quantitative estimate of drug-likeness (QED) is 0.767. The average Bonchev–Trinajstić information content (AvgIpc) is 2.43. The SMILES string of the molecule is CCCc1cc(S(=O)(=O)C(F)(F)F)nc(SCC(N)=O)c1C#N. The molecule has 0 aromatic carbocycles. The number of halogens is 3. The third-order valence-electron chi connectivity index (χ3n) is 2.61. The molecule has 0 atom stereocenters. The van der Waals surface area contributed by atoms with Crippen LogP contribution < -0.4 is 5.73 Å². The Hall–Kier alpha value is -1.80. The minimum atomic E-state index is -5.65. The van der Waals surface area contributed by atoms with Crippen molar-refractivity contribution >= 4 is 27.5 Å². The summed E-state index contributed by atoms with van der Waals surface area (Å²) in [6.45, 7) is 1.72. The Kier molecular flexibility index (Phi) is 6.01. The molecule has 23 heavy (non-hydrogen) atoms. The fraction of sp³-hybridized carbons (Fsp3) is 0.417. The van der Waals surface area contributed by atoms with Gasteiger partial charge in [-0.05, 0) is 18.1 Å². The van der Waals surface area contributed by atoms with E-state index in [4.69, 9.17) is 11.0 Å². The minimum Gasteiger partial charge on any atom is -0.369 e. The molecule has 1 heterocycles. The van der Waals surface area contributed by atoms with Crippen LogP contribution in [0.5, 0.6) is 0 Å². The van der Waals surface area contributed by atoms with Gasteiger partial charge in [-0.25, -0.2) is 13.4 Å². The van der Waals surface area contributed by atoms with E-state index in [-0.39, 0.29) is 28.3 Å². The van der Waals surface area contributed by atoms with Gasteiger partial charge in [0.05, 0.1) is 11.3 Å². The molecule has 0 aliphatic rings. The first-order valence-corrected chi connectivity index (χ1v) is 8.68. The maximum absolute atomic E-state index is 12.7. The normalized spacial score (nSPS) is 12.0. The Morgan fingerprint density at radius 1 is 1.48 bits per heavy atom. The van der Waals surface area contributed by atoms with Crippen LogP contribution in [0.15, 0.2) is 16.1 Å². The molecule has 1 aromatic heterocycles. The van der Waals surface area contributed by atoms with Gasteiger partial charge in [0, 0.05) is 0 Å². The smallest absolute Gasteiger partial charge is 0.369 e. The van der Waals surface area contributed by atoms with Crippen LogP contribution in [0, 0.1) is 11.3 Å². The van der Waals surface area contributed by atoms with Crippen molar-refractivity contribution in [2.24, 2.45) is 5.73 Å². The van der Waals surface area contributed by atoms with Gasteiger partial charge in [0.15, 0.2) is 5.03 Å². The Balaban J connectivity index is 3.56. The van der Waals surface area contributed by atoms with Crippen LogP contribution in [0.1, 0.15) is 24.5 Å². The molecule has 6 nitrogen and oxygen atoms in total. The minimum absolute atomic E-state index is 0.0563.